The Morgan fingerprint density at radius 2 is 1.07 bits per heavy atom. The number of allylic oxidation sites excluding steroid dienone is 4. The maximum atomic E-state index is 2.57. The molecule has 2 heterocycles. The number of hydrogen-bond donors (Lipinski definition) is 0. The first-order valence-corrected chi connectivity index (χ1v) is 15.4. The summed E-state index contributed by atoms with van der Waals surface area (Å²) in [7, 11) is 0. The number of aromatic nitrogens is 2. The number of para-hydroxylation sites is 2. The smallest absolute Gasteiger partial charge is 0.0566 e. The van der Waals surface area contributed by atoms with E-state index in [4.69, 9.17) is 0 Å². The van der Waals surface area contributed by atoms with Crippen molar-refractivity contribution in [3.8, 4) is 16.8 Å². The van der Waals surface area contributed by atoms with Crippen LogP contribution in [0.4, 0.5) is 0 Å². The van der Waals surface area contributed by atoms with Gasteiger partial charge in [-0.1, -0.05) is 127 Å². The molecule has 208 valence electrons. The molecule has 2 nitrogen and oxygen atoms in total. The highest BCUT2D eigenvalue weighted by molar-refractivity contribution is 6.18. The molecule has 8 aromatic rings. The predicted octanol–water partition coefficient (Wildman–Crippen LogP) is 11.1. The van der Waals surface area contributed by atoms with Crippen LogP contribution in [0.5, 0.6) is 0 Å². The number of nitrogens with zero attached hydrogens (tertiary/aromatic N) is 2. The topological polar surface area (TPSA) is 9.86 Å². The summed E-state index contributed by atoms with van der Waals surface area (Å²) in [6, 6.07) is 53.1. The summed E-state index contributed by atoms with van der Waals surface area (Å²) < 4.78 is 5.01. The van der Waals surface area contributed by atoms with E-state index in [0.29, 0.717) is 0 Å². The van der Waals surface area contributed by atoms with Gasteiger partial charge in [-0.25, -0.2) is 0 Å². The van der Waals surface area contributed by atoms with Crippen molar-refractivity contribution in [1.82, 2.24) is 9.13 Å². The van der Waals surface area contributed by atoms with E-state index in [1.54, 1.807) is 0 Å². The summed E-state index contributed by atoms with van der Waals surface area (Å²) in [6.45, 7) is 0. The van der Waals surface area contributed by atoms with Gasteiger partial charge in [0.15, 0.2) is 0 Å². The second-order valence-electron chi connectivity index (χ2n) is 11.7. The average molecular weight is 563 g/mol. The van der Waals surface area contributed by atoms with E-state index in [2.05, 4.69) is 173 Å². The van der Waals surface area contributed by atoms with Crippen LogP contribution >= 0.6 is 0 Å². The van der Waals surface area contributed by atoms with Gasteiger partial charge in [-0.3, -0.25) is 0 Å². The quantitative estimate of drug-likeness (QED) is 0.202. The Balaban J connectivity index is 1.31. The van der Waals surface area contributed by atoms with Gasteiger partial charge in [-0.2, -0.15) is 0 Å². The minimum absolute atomic E-state index is 0.228. The Bertz CT molecular complexity index is 2400. The Morgan fingerprint density at radius 3 is 1.86 bits per heavy atom. The Kier molecular flexibility index (Phi) is 5.67. The highest BCUT2D eigenvalue weighted by atomic mass is 15.0. The number of hydrogen-bond acceptors (Lipinski definition) is 0. The molecule has 2 aromatic heterocycles. The fourth-order valence-electron chi connectivity index (χ4n) is 7.22. The van der Waals surface area contributed by atoms with Gasteiger partial charge in [0.2, 0.25) is 0 Å². The molecule has 6 aromatic carbocycles. The summed E-state index contributed by atoms with van der Waals surface area (Å²) in [5.74, 6) is 0. The van der Waals surface area contributed by atoms with E-state index < -0.39 is 0 Å². The minimum atomic E-state index is 0.228. The molecule has 1 unspecified atom stereocenters. The zero-order valence-corrected chi connectivity index (χ0v) is 24.3. The fourth-order valence-corrected chi connectivity index (χ4v) is 7.22. The van der Waals surface area contributed by atoms with Crippen LogP contribution in [-0.2, 0) is 0 Å². The molecular weight excluding hydrogens is 532 g/mol. The molecule has 0 N–H and O–H groups in total. The van der Waals surface area contributed by atoms with Gasteiger partial charge in [0.05, 0.1) is 22.6 Å². The summed E-state index contributed by atoms with van der Waals surface area (Å²) >= 11 is 0. The number of benzene rings is 6. The second-order valence-corrected chi connectivity index (χ2v) is 11.7. The molecule has 1 atom stereocenters. The normalized spacial score (nSPS) is 15.0. The largest absolute Gasteiger partial charge is 0.333 e. The third-order valence-electron chi connectivity index (χ3n) is 9.20. The van der Waals surface area contributed by atoms with Gasteiger partial charge < -0.3 is 9.13 Å². The molecule has 0 aliphatic heterocycles. The van der Waals surface area contributed by atoms with Crippen molar-refractivity contribution in [2.75, 3.05) is 0 Å². The Morgan fingerprint density at radius 1 is 0.455 bits per heavy atom. The molecule has 0 fully saturated rings. The molecule has 1 aliphatic carbocycles. The first-order valence-electron chi connectivity index (χ1n) is 15.4. The maximum absolute atomic E-state index is 2.57. The molecule has 1 aliphatic rings. The molecule has 0 saturated heterocycles. The highest BCUT2D eigenvalue weighted by Crippen LogP contribution is 2.41. The summed E-state index contributed by atoms with van der Waals surface area (Å²) in [6.07, 6.45) is 8.02. The SMILES string of the molecule is C1=CC(c2ccccc2)=CC(n2c3ccccc3c3cc4c(cc32)c2ccccc2n4-c2cccc(-c3ccccc3)c2)C1. The van der Waals surface area contributed by atoms with Crippen molar-refractivity contribution in [3.63, 3.8) is 0 Å². The average Bonchev–Trinajstić information content (AvgIpc) is 3.60. The summed E-state index contributed by atoms with van der Waals surface area (Å²) in [5.41, 5.74) is 11.2. The van der Waals surface area contributed by atoms with Crippen molar-refractivity contribution in [2.45, 2.75) is 12.5 Å². The van der Waals surface area contributed by atoms with Crippen LogP contribution in [0.15, 0.2) is 164 Å². The number of fused-ring (bicyclic) bond motifs is 6. The molecule has 0 bridgehead atoms. The van der Waals surface area contributed by atoms with Crippen LogP contribution in [0.1, 0.15) is 18.0 Å². The van der Waals surface area contributed by atoms with Gasteiger partial charge in [0.1, 0.15) is 0 Å². The van der Waals surface area contributed by atoms with Crippen molar-refractivity contribution >= 4 is 49.2 Å². The van der Waals surface area contributed by atoms with E-state index >= 15 is 0 Å². The monoisotopic (exact) mass is 562 g/mol. The van der Waals surface area contributed by atoms with Crippen LogP contribution < -0.4 is 0 Å². The van der Waals surface area contributed by atoms with Crippen molar-refractivity contribution in [2.24, 2.45) is 0 Å². The van der Waals surface area contributed by atoms with Crippen LogP contribution in [0.25, 0.3) is 66.0 Å². The first-order chi connectivity index (χ1) is 21.8. The highest BCUT2D eigenvalue weighted by Gasteiger charge is 2.21. The molecule has 44 heavy (non-hydrogen) atoms. The lowest BCUT2D eigenvalue weighted by atomic mass is 9.96. The zero-order valence-electron chi connectivity index (χ0n) is 24.3. The lowest BCUT2D eigenvalue weighted by Gasteiger charge is -2.21. The van der Waals surface area contributed by atoms with Crippen LogP contribution in [0, 0.1) is 0 Å². The fraction of sp³-hybridized carbons (Fsp3) is 0.0476. The first kappa shape index (κ1) is 24.9. The third kappa shape index (κ3) is 3.88. The molecule has 2 heteroatoms. The van der Waals surface area contributed by atoms with E-state index in [9.17, 15) is 0 Å². The van der Waals surface area contributed by atoms with Crippen LogP contribution in [-0.4, -0.2) is 9.13 Å². The molecule has 9 rings (SSSR count). The van der Waals surface area contributed by atoms with Gasteiger partial charge >= 0.3 is 0 Å². The lowest BCUT2D eigenvalue weighted by molar-refractivity contribution is 0.650. The number of rotatable bonds is 4. The Hall–Kier alpha value is -5.60. The lowest BCUT2D eigenvalue weighted by Crippen LogP contribution is -2.08. The third-order valence-corrected chi connectivity index (χ3v) is 9.20. The van der Waals surface area contributed by atoms with Gasteiger partial charge in [0.25, 0.3) is 0 Å². The van der Waals surface area contributed by atoms with Gasteiger partial charge in [-0.15, -0.1) is 0 Å². The molecule has 0 radical (unpaired) electrons. The molecular formula is C42H30N2. The van der Waals surface area contributed by atoms with Crippen LogP contribution in [0.2, 0.25) is 0 Å². The van der Waals surface area contributed by atoms with E-state index in [0.717, 1.165) is 6.42 Å². The van der Waals surface area contributed by atoms with E-state index in [1.807, 2.05) is 0 Å². The van der Waals surface area contributed by atoms with Gasteiger partial charge in [-0.05, 0) is 65.1 Å². The Labute approximate surface area is 256 Å². The van der Waals surface area contributed by atoms with Crippen molar-refractivity contribution < 1.29 is 0 Å². The molecule has 0 amide bonds. The summed E-state index contributed by atoms with van der Waals surface area (Å²) in [4.78, 5) is 0. The van der Waals surface area contributed by atoms with Gasteiger partial charge in [0, 0.05) is 32.7 Å². The maximum Gasteiger partial charge on any atom is 0.0566 e. The van der Waals surface area contributed by atoms with E-state index in [-0.39, 0.29) is 6.04 Å². The van der Waals surface area contributed by atoms with Crippen LogP contribution in [0.3, 0.4) is 0 Å². The zero-order chi connectivity index (χ0) is 29.0. The molecule has 0 saturated carbocycles. The second kappa shape index (κ2) is 10.00. The van der Waals surface area contributed by atoms with Crippen molar-refractivity contribution in [3.05, 3.63) is 169 Å². The minimum Gasteiger partial charge on any atom is -0.333 e. The van der Waals surface area contributed by atoms with E-state index in [1.165, 1.54) is 71.6 Å². The molecule has 0 spiro atoms. The van der Waals surface area contributed by atoms with Crippen molar-refractivity contribution in [1.29, 1.82) is 0 Å². The standard InChI is InChI=1S/C42H30N2/c1-3-13-29(14-4-1)31-17-11-19-33(25-31)43-39-23-9-7-21-35(39)37-28-42-38(27-41(37)43)36-22-8-10-24-40(36)44(42)34-20-12-18-32(26-34)30-15-5-2-6-16-30/h1-19,21-28,34H,20H2. The predicted molar refractivity (Wildman–Crippen MR) is 186 cm³/mol. The summed E-state index contributed by atoms with van der Waals surface area (Å²) in [5, 5.41) is 5.14.